The van der Waals surface area contributed by atoms with Gasteiger partial charge < -0.3 is 16.2 Å². The van der Waals surface area contributed by atoms with Crippen molar-refractivity contribution in [3.05, 3.63) is 22.4 Å². The zero-order valence-corrected chi connectivity index (χ0v) is 14.3. The fourth-order valence-electron chi connectivity index (χ4n) is 1.90. The zero-order valence-electron chi connectivity index (χ0n) is 11.1. The van der Waals surface area contributed by atoms with Crippen LogP contribution in [-0.2, 0) is 5.60 Å². The summed E-state index contributed by atoms with van der Waals surface area (Å²) >= 11 is 1.57. The van der Waals surface area contributed by atoms with Crippen molar-refractivity contribution >= 4 is 41.3 Å². The first-order valence-corrected chi connectivity index (χ1v) is 7.31. The summed E-state index contributed by atoms with van der Waals surface area (Å²) in [5.74, 6) is 1.17. The number of thiophene rings is 1. The standard InChI is InChI=1S/C13H21N3OS.HI/c1-13(17,11-5-6-18-8-11)9-16-12(14)15-7-10-3-2-4-10;/h5-6,8,10,17H,2-4,7,9H2,1H3,(H3,14,15,16);1H. The second kappa shape index (κ2) is 7.44. The number of nitrogens with zero attached hydrogens (tertiary/aromatic N) is 1. The third kappa shape index (κ3) is 4.92. The average molecular weight is 395 g/mol. The molecule has 2 rings (SSSR count). The largest absolute Gasteiger partial charge is 0.383 e. The minimum absolute atomic E-state index is 0. The Balaban J connectivity index is 0.00000180. The molecular weight excluding hydrogens is 373 g/mol. The Morgan fingerprint density at radius 2 is 2.37 bits per heavy atom. The first kappa shape index (κ1) is 16.7. The predicted octanol–water partition coefficient (Wildman–Crippen LogP) is 2.28. The quantitative estimate of drug-likeness (QED) is 0.407. The molecule has 108 valence electrons. The van der Waals surface area contributed by atoms with E-state index in [-0.39, 0.29) is 30.5 Å². The monoisotopic (exact) mass is 395 g/mol. The van der Waals surface area contributed by atoms with Gasteiger partial charge in [0.15, 0.2) is 5.96 Å². The molecule has 6 heteroatoms. The van der Waals surface area contributed by atoms with Crippen molar-refractivity contribution < 1.29 is 5.11 Å². The molecule has 4 N–H and O–H groups in total. The summed E-state index contributed by atoms with van der Waals surface area (Å²) < 4.78 is 0. The van der Waals surface area contributed by atoms with Gasteiger partial charge in [-0.15, -0.1) is 24.0 Å². The highest BCUT2D eigenvalue weighted by Crippen LogP contribution is 2.25. The Kier molecular flexibility index (Phi) is 6.55. The number of aliphatic hydroxyl groups is 1. The van der Waals surface area contributed by atoms with Gasteiger partial charge >= 0.3 is 0 Å². The average Bonchev–Trinajstić information content (AvgIpc) is 2.78. The van der Waals surface area contributed by atoms with Crippen LogP contribution in [0, 0.1) is 5.92 Å². The second-order valence-corrected chi connectivity index (χ2v) is 5.95. The molecule has 1 fully saturated rings. The van der Waals surface area contributed by atoms with Gasteiger partial charge in [0.25, 0.3) is 0 Å². The topological polar surface area (TPSA) is 70.6 Å². The number of nitrogens with one attached hydrogen (secondary N) is 1. The zero-order chi connectivity index (χ0) is 13.0. The molecule has 0 bridgehead atoms. The Labute approximate surface area is 135 Å². The third-order valence-corrected chi connectivity index (χ3v) is 4.18. The van der Waals surface area contributed by atoms with Crippen molar-refractivity contribution in [1.29, 1.82) is 0 Å². The smallest absolute Gasteiger partial charge is 0.188 e. The summed E-state index contributed by atoms with van der Waals surface area (Å²) in [6.45, 7) is 2.95. The van der Waals surface area contributed by atoms with Crippen LogP contribution in [0.15, 0.2) is 21.8 Å². The summed E-state index contributed by atoms with van der Waals surface area (Å²) in [6.07, 6.45) is 3.90. The van der Waals surface area contributed by atoms with Gasteiger partial charge in [-0.25, -0.2) is 0 Å². The van der Waals surface area contributed by atoms with E-state index < -0.39 is 5.60 Å². The lowest BCUT2D eigenvalue weighted by atomic mass is 9.85. The molecule has 1 aliphatic carbocycles. The highest BCUT2D eigenvalue weighted by molar-refractivity contribution is 14.0. The number of hydrogen-bond acceptors (Lipinski definition) is 3. The summed E-state index contributed by atoms with van der Waals surface area (Å²) in [6, 6.07) is 1.91. The molecule has 0 aromatic carbocycles. The van der Waals surface area contributed by atoms with Crippen LogP contribution in [-0.4, -0.2) is 24.2 Å². The molecule has 0 amide bonds. The summed E-state index contributed by atoms with van der Waals surface area (Å²) in [5, 5.41) is 17.3. The maximum atomic E-state index is 10.3. The van der Waals surface area contributed by atoms with Crippen LogP contribution in [0.3, 0.4) is 0 Å². The van der Waals surface area contributed by atoms with Crippen LogP contribution < -0.4 is 11.1 Å². The van der Waals surface area contributed by atoms with Crippen LogP contribution >= 0.6 is 35.3 Å². The van der Waals surface area contributed by atoms with Crippen molar-refractivity contribution in [2.24, 2.45) is 16.6 Å². The van der Waals surface area contributed by atoms with Crippen molar-refractivity contribution in [3.8, 4) is 0 Å². The van der Waals surface area contributed by atoms with E-state index in [9.17, 15) is 5.11 Å². The molecule has 4 nitrogen and oxygen atoms in total. The van der Waals surface area contributed by atoms with E-state index in [1.807, 2.05) is 16.8 Å². The highest BCUT2D eigenvalue weighted by Gasteiger charge is 2.23. The van der Waals surface area contributed by atoms with E-state index in [0.717, 1.165) is 18.0 Å². The van der Waals surface area contributed by atoms with Gasteiger partial charge in [-0.3, -0.25) is 4.99 Å². The molecule has 1 unspecified atom stereocenters. The lowest BCUT2D eigenvalue weighted by Crippen LogP contribution is -2.38. The second-order valence-electron chi connectivity index (χ2n) is 5.17. The van der Waals surface area contributed by atoms with Gasteiger partial charge in [-0.2, -0.15) is 11.3 Å². The van der Waals surface area contributed by atoms with Gasteiger partial charge in [-0.05, 0) is 48.1 Å². The van der Waals surface area contributed by atoms with Gasteiger partial charge in [0.05, 0.1) is 6.54 Å². The minimum atomic E-state index is -0.942. The van der Waals surface area contributed by atoms with E-state index in [1.54, 1.807) is 18.3 Å². The fraction of sp³-hybridized carbons (Fsp3) is 0.615. The molecule has 1 aliphatic rings. The SMILES string of the molecule is CC(O)(CN=C(N)NCC1CCC1)c1ccsc1.I. The Morgan fingerprint density at radius 1 is 1.63 bits per heavy atom. The summed E-state index contributed by atoms with van der Waals surface area (Å²) in [4.78, 5) is 4.22. The van der Waals surface area contributed by atoms with Gasteiger partial charge in [0.1, 0.15) is 5.60 Å². The Hall–Kier alpha value is -0.340. The van der Waals surface area contributed by atoms with Crippen LogP contribution in [0.25, 0.3) is 0 Å². The van der Waals surface area contributed by atoms with Crippen molar-refractivity contribution in [3.63, 3.8) is 0 Å². The Bertz CT molecular complexity index is 402. The lowest BCUT2D eigenvalue weighted by Gasteiger charge is -2.26. The number of aliphatic imine (C=N–C) groups is 1. The molecule has 1 saturated carbocycles. The van der Waals surface area contributed by atoms with E-state index in [1.165, 1.54) is 19.3 Å². The van der Waals surface area contributed by atoms with Crippen LogP contribution in [0.1, 0.15) is 31.7 Å². The molecule has 1 atom stereocenters. The first-order chi connectivity index (χ1) is 8.58. The number of guanidine groups is 1. The Morgan fingerprint density at radius 3 is 2.89 bits per heavy atom. The first-order valence-electron chi connectivity index (χ1n) is 6.37. The molecular formula is C13H22IN3OS. The molecule has 0 radical (unpaired) electrons. The van der Waals surface area contributed by atoms with E-state index in [2.05, 4.69) is 10.3 Å². The maximum absolute atomic E-state index is 10.3. The van der Waals surface area contributed by atoms with E-state index >= 15 is 0 Å². The highest BCUT2D eigenvalue weighted by atomic mass is 127. The van der Waals surface area contributed by atoms with Gasteiger partial charge in [-0.1, -0.05) is 6.42 Å². The normalized spacial score (nSPS) is 19.2. The van der Waals surface area contributed by atoms with Crippen LogP contribution in [0.2, 0.25) is 0 Å². The fourth-order valence-corrected chi connectivity index (χ4v) is 2.69. The van der Waals surface area contributed by atoms with E-state index in [4.69, 9.17) is 5.73 Å². The molecule has 0 spiro atoms. The predicted molar refractivity (Wildman–Crippen MR) is 91.1 cm³/mol. The van der Waals surface area contributed by atoms with Gasteiger partial charge in [0, 0.05) is 6.54 Å². The van der Waals surface area contributed by atoms with E-state index in [0.29, 0.717) is 5.96 Å². The molecule has 0 aliphatic heterocycles. The molecule has 1 aromatic heterocycles. The lowest BCUT2D eigenvalue weighted by molar-refractivity contribution is 0.0677. The third-order valence-electron chi connectivity index (χ3n) is 3.50. The van der Waals surface area contributed by atoms with Crippen molar-refractivity contribution in [2.75, 3.05) is 13.1 Å². The van der Waals surface area contributed by atoms with Crippen molar-refractivity contribution in [1.82, 2.24) is 5.32 Å². The van der Waals surface area contributed by atoms with Crippen LogP contribution in [0.5, 0.6) is 0 Å². The molecule has 1 aromatic rings. The molecule has 0 saturated heterocycles. The maximum Gasteiger partial charge on any atom is 0.188 e. The summed E-state index contributed by atoms with van der Waals surface area (Å²) in [5.41, 5.74) is 5.74. The molecule has 1 heterocycles. The number of nitrogens with two attached hydrogens (primary N) is 1. The van der Waals surface area contributed by atoms with Gasteiger partial charge in [0.2, 0.25) is 0 Å². The number of hydrogen-bond donors (Lipinski definition) is 3. The summed E-state index contributed by atoms with van der Waals surface area (Å²) in [7, 11) is 0. The minimum Gasteiger partial charge on any atom is -0.383 e. The van der Waals surface area contributed by atoms with Crippen LogP contribution in [0.4, 0.5) is 0 Å². The number of rotatable bonds is 5. The number of halogens is 1. The molecule has 19 heavy (non-hydrogen) atoms. The van der Waals surface area contributed by atoms with Crippen molar-refractivity contribution in [2.45, 2.75) is 31.8 Å².